The largest absolute Gasteiger partial charge is 0.537 e. The van der Waals surface area contributed by atoms with Gasteiger partial charge in [0.05, 0.1) is 5.56 Å². The Bertz CT molecular complexity index is 614. The summed E-state index contributed by atoms with van der Waals surface area (Å²) < 4.78 is 11.5. The van der Waals surface area contributed by atoms with Crippen molar-refractivity contribution in [1.29, 1.82) is 0 Å². The normalized spacial score (nSPS) is 11.2. The highest BCUT2D eigenvalue weighted by atomic mass is 28.4. The first-order valence-electron chi connectivity index (χ1n) is 8.80. The summed E-state index contributed by atoms with van der Waals surface area (Å²) >= 11 is 0. The molecule has 0 N–H and O–H groups in total. The van der Waals surface area contributed by atoms with Crippen LogP contribution in [0.25, 0.3) is 0 Å². The third-order valence-corrected chi connectivity index (χ3v) is 10.5. The molecule has 1 aromatic carbocycles. The van der Waals surface area contributed by atoms with Crippen molar-refractivity contribution < 1.29 is 14.0 Å². The topological polar surface area (TPSA) is 35.5 Å². The summed E-state index contributed by atoms with van der Waals surface area (Å²) in [5.41, 5.74) is 1.90. The zero-order chi connectivity index (χ0) is 19.0. The van der Waals surface area contributed by atoms with Crippen molar-refractivity contribution in [3.05, 3.63) is 48.2 Å². The van der Waals surface area contributed by atoms with E-state index in [1.807, 2.05) is 6.07 Å². The highest BCUT2D eigenvalue weighted by Crippen LogP contribution is 2.43. The van der Waals surface area contributed by atoms with E-state index < -0.39 is 8.32 Å². The zero-order valence-electron chi connectivity index (χ0n) is 16.3. The predicted octanol–water partition coefficient (Wildman–Crippen LogP) is 5.55. The van der Waals surface area contributed by atoms with Crippen LogP contribution in [0.2, 0.25) is 16.6 Å². The molecule has 0 saturated heterocycles. The Hall–Kier alpha value is -1.99. The quantitative estimate of drug-likeness (QED) is 0.277. The van der Waals surface area contributed by atoms with Crippen LogP contribution in [0.15, 0.2) is 42.7 Å². The fraction of sp³-hybridized carbons (Fsp3) is 0.476. The van der Waals surface area contributed by atoms with Crippen molar-refractivity contribution >= 4 is 14.3 Å². The maximum absolute atomic E-state index is 11.8. The van der Waals surface area contributed by atoms with Crippen LogP contribution in [-0.4, -0.2) is 20.9 Å². The van der Waals surface area contributed by atoms with E-state index in [1.165, 1.54) is 0 Å². The molecule has 0 radical (unpaired) electrons. The van der Waals surface area contributed by atoms with E-state index in [-0.39, 0.29) is 12.6 Å². The number of benzene rings is 1. The molecule has 0 atom stereocenters. The van der Waals surface area contributed by atoms with E-state index in [0.29, 0.717) is 27.9 Å². The molecular formula is C21H30O3Si. The Kier molecular flexibility index (Phi) is 7.98. The van der Waals surface area contributed by atoms with Gasteiger partial charge in [-0.3, -0.25) is 0 Å². The molecule has 3 nitrogen and oxygen atoms in total. The molecule has 0 unspecified atom stereocenters. The van der Waals surface area contributed by atoms with Crippen LogP contribution >= 0.6 is 0 Å². The molecule has 0 aromatic heterocycles. The molecule has 0 amide bonds. The van der Waals surface area contributed by atoms with Gasteiger partial charge in [-0.15, -0.1) is 0 Å². The standard InChI is InChI=1S/C21H30O3Si/c1-16(2)25(17(3)4,18(5)6)24-19(7)12-11-15-23-21(22)20-13-9-8-10-14-20/h8-10,13-14,16-18H,7,15H2,1-6H3. The van der Waals surface area contributed by atoms with Gasteiger partial charge < -0.3 is 9.16 Å². The van der Waals surface area contributed by atoms with Crippen LogP contribution in [0, 0.1) is 11.8 Å². The second-order valence-electron chi connectivity index (χ2n) is 7.09. The predicted molar refractivity (Wildman–Crippen MR) is 106 cm³/mol. The van der Waals surface area contributed by atoms with Gasteiger partial charge in [0.2, 0.25) is 0 Å². The van der Waals surface area contributed by atoms with Crippen molar-refractivity contribution in [3.63, 3.8) is 0 Å². The molecule has 0 saturated carbocycles. The molecule has 0 spiro atoms. The van der Waals surface area contributed by atoms with Gasteiger partial charge in [0.1, 0.15) is 5.76 Å². The Morgan fingerprint density at radius 1 is 1.04 bits per heavy atom. The monoisotopic (exact) mass is 358 g/mol. The van der Waals surface area contributed by atoms with E-state index in [0.717, 1.165) is 0 Å². The first-order valence-corrected chi connectivity index (χ1v) is 10.9. The Morgan fingerprint density at radius 3 is 2.04 bits per heavy atom. The summed E-state index contributed by atoms with van der Waals surface area (Å²) in [5.74, 6) is 5.82. The van der Waals surface area contributed by atoms with Crippen molar-refractivity contribution in [2.24, 2.45) is 0 Å². The fourth-order valence-electron chi connectivity index (χ4n) is 3.49. The molecule has 0 aliphatic rings. The second-order valence-corrected chi connectivity index (χ2v) is 12.5. The molecule has 0 fully saturated rings. The molecule has 4 heteroatoms. The van der Waals surface area contributed by atoms with Gasteiger partial charge in [-0.25, -0.2) is 4.79 Å². The Labute approximate surface area is 153 Å². The van der Waals surface area contributed by atoms with Crippen LogP contribution in [0.5, 0.6) is 0 Å². The molecule has 0 aliphatic carbocycles. The molecule has 1 aromatic rings. The summed E-state index contributed by atoms with van der Waals surface area (Å²) in [6, 6.07) is 8.88. The van der Waals surface area contributed by atoms with Crippen molar-refractivity contribution in [2.45, 2.75) is 58.2 Å². The van der Waals surface area contributed by atoms with Gasteiger partial charge in [-0.05, 0) is 41.3 Å². The molecule has 0 aliphatic heterocycles. The lowest BCUT2D eigenvalue weighted by atomic mass is 10.2. The van der Waals surface area contributed by atoms with E-state index in [4.69, 9.17) is 9.16 Å². The summed E-state index contributed by atoms with van der Waals surface area (Å²) in [4.78, 5) is 11.8. The zero-order valence-corrected chi connectivity index (χ0v) is 17.3. The minimum Gasteiger partial charge on any atom is -0.537 e. The highest BCUT2D eigenvalue weighted by Gasteiger charge is 2.47. The van der Waals surface area contributed by atoms with E-state index >= 15 is 0 Å². The van der Waals surface area contributed by atoms with Crippen LogP contribution in [0.1, 0.15) is 51.9 Å². The molecule has 25 heavy (non-hydrogen) atoms. The Balaban J connectivity index is 2.67. The summed E-state index contributed by atoms with van der Waals surface area (Å²) in [6.07, 6.45) is 0. The maximum atomic E-state index is 11.8. The SMILES string of the molecule is C=C(C#CCOC(=O)c1ccccc1)O[Si](C(C)C)(C(C)C)C(C)C. The molecular weight excluding hydrogens is 328 g/mol. The fourth-order valence-corrected chi connectivity index (χ4v) is 8.67. The van der Waals surface area contributed by atoms with Crippen molar-refractivity contribution in [1.82, 2.24) is 0 Å². The third-order valence-electron chi connectivity index (χ3n) is 4.52. The summed E-state index contributed by atoms with van der Waals surface area (Å²) in [5, 5.41) is 0. The minimum absolute atomic E-state index is 0.0235. The highest BCUT2D eigenvalue weighted by molar-refractivity contribution is 6.77. The number of esters is 1. The van der Waals surface area contributed by atoms with Gasteiger partial charge in [0, 0.05) is 0 Å². The number of carbonyl (C=O) groups excluding carboxylic acids is 1. The van der Waals surface area contributed by atoms with E-state index in [2.05, 4.69) is 60.0 Å². The molecule has 0 bridgehead atoms. The minimum atomic E-state index is -2.04. The van der Waals surface area contributed by atoms with Crippen LogP contribution in [0.4, 0.5) is 0 Å². The first-order chi connectivity index (χ1) is 11.7. The smallest absolute Gasteiger partial charge is 0.339 e. The van der Waals surface area contributed by atoms with Crippen LogP contribution < -0.4 is 0 Å². The molecule has 1 rings (SSSR count). The van der Waals surface area contributed by atoms with Gasteiger partial charge in [-0.1, -0.05) is 65.7 Å². The lowest BCUT2D eigenvalue weighted by molar-refractivity contribution is 0.0556. The van der Waals surface area contributed by atoms with E-state index in [9.17, 15) is 4.79 Å². The van der Waals surface area contributed by atoms with Gasteiger partial charge >= 0.3 is 5.97 Å². The van der Waals surface area contributed by atoms with Gasteiger partial charge in [0.15, 0.2) is 6.61 Å². The molecule has 0 heterocycles. The number of allylic oxidation sites excluding steroid dienone is 1. The lowest BCUT2D eigenvalue weighted by Gasteiger charge is -2.41. The van der Waals surface area contributed by atoms with Gasteiger partial charge in [-0.2, -0.15) is 0 Å². The van der Waals surface area contributed by atoms with Crippen LogP contribution in [-0.2, 0) is 9.16 Å². The number of hydrogen-bond acceptors (Lipinski definition) is 3. The number of rotatable bonds is 7. The van der Waals surface area contributed by atoms with Crippen molar-refractivity contribution in [3.8, 4) is 11.8 Å². The summed E-state index contributed by atoms with van der Waals surface area (Å²) in [7, 11) is -2.04. The average Bonchev–Trinajstić information content (AvgIpc) is 2.56. The summed E-state index contributed by atoms with van der Waals surface area (Å²) in [6.45, 7) is 17.3. The second kappa shape index (κ2) is 9.48. The first kappa shape index (κ1) is 21.1. The number of carbonyl (C=O) groups is 1. The van der Waals surface area contributed by atoms with E-state index in [1.54, 1.807) is 24.3 Å². The Morgan fingerprint density at radius 2 is 1.56 bits per heavy atom. The molecule has 136 valence electrons. The van der Waals surface area contributed by atoms with Gasteiger partial charge in [0.25, 0.3) is 8.32 Å². The maximum Gasteiger partial charge on any atom is 0.339 e. The number of ether oxygens (including phenoxy) is 1. The third kappa shape index (κ3) is 5.50. The average molecular weight is 359 g/mol. The van der Waals surface area contributed by atoms with Crippen LogP contribution in [0.3, 0.4) is 0 Å². The van der Waals surface area contributed by atoms with Crippen molar-refractivity contribution in [2.75, 3.05) is 6.61 Å². The lowest BCUT2D eigenvalue weighted by Crippen LogP contribution is -2.47. The number of hydrogen-bond donors (Lipinski definition) is 0.